The molecule has 2 saturated carbocycles. The van der Waals surface area contributed by atoms with Gasteiger partial charge >= 0.3 is 6.18 Å². The first-order valence-electron chi connectivity index (χ1n) is 9.36. The molecule has 0 saturated heterocycles. The van der Waals surface area contributed by atoms with Gasteiger partial charge in [0.25, 0.3) is 0 Å². The lowest BCUT2D eigenvalue weighted by Gasteiger charge is -2.58. The summed E-state index contributed by atoms with van der Waals surface area (Å²) in [4.78, 5) is 12.1. The second kappa shape index (κ2) is 5.60. The number of carbonyl (C=O) groups excluding carboxylic acids is 1. The Labute approximate surface area is 156 Å². The molecular formula is C20H24ClF3O2. The fourth-order valence-electron chi connectivity index (χ4n) is 6.66. The van der Waals surface area contributed by atoms with Gasteiger partial charge in [-0.1, -0.05) is 37.6 Å². The largest absolute Gasteiger partial charge is 0.395 e. The van der Waals surface area contributed by atoms with Crippen LogP contribution in [0.25, 0.3) is 0 Å². The van der Waals surface area contributed by atoms with Crippen LogP contribution in [0.15, 0.2) is 22.8 Å². The molecule has 7 atom stereocenters. The van der Waals surface area contributed by atoms with E-state index in [2.05, 4.69) is 0 Å². The van der Waals surface area contributed by atoms with E-state index < -0.39 is 34.8 Å². The fraction of sp³-hybridized carbons (Fsp3) is 0.750. The summed E-state index contributed by atoms with van der Waals surface area (Å²) in [5.41, 5.74) is -0.281. The number of ketones is 1. The number of Topliss-reactive ketones (excluding diaryl/α,β-unsaturated/α-hetero) is 1. The van der Waals surface area contributed by atoms with E-state index in [1.54, 1.807) is 13.0 Å². The lowest BCUT2D eigenvalue weighted by Crippen LogP contribution is -2.54. The normalized spacial score (nSPS) is 48.3. The predicted molar refractivity (Wildman–Crippen MR) is 92.3 cm³/mol. The SMILES string of the molecule is C[C@]12CC[C@H]3[C@@H](CCC4=C(Cl)C(=O)C(O)C[C@@]43C)[C@@H]1C=C[C@@H]2C(F)(F)F. The van der Waals surface area contributed by atoms with Crippen LogP contribution in [0, 0.1) is 34.5 Å². The average molecular weight is 389 g/mol. The zero-order valence-electron chi connectivity index (χ0n) is 14.9. The number of hydrogen-bond acceptors (Lipinski definition) is 2. The lowest BCUT2D eigenvalue weighted by atomic mass is 9.46. The Hall–Kier alpha value is -0.810. The summed E-state index contributed by atoms with van der Waals surface area (Å²) in [6.45, 7) is 3.83. The molecule has 4 aliphatic rings. The van der Waals surface area contributed by atoms with Crippen LogP contribution in [-0.4, -0.2) is 23.2 Å². The van der Waals surface area contributed by atoms with E-state index in [0.717, 1.165) is 12.0 Å². The third kappa shape index (κ3) is 2.32. The van der Waals surface area contributed by atoms with Crippen molar-refractivity contribution >= 4 is 17.4 Å². The molecular weight excluding hydrogens is 365 g/mol. The summed E-state index contributed by atoms with van der Waals surface area (Å²) in [5, 5.41) is 10.4. The molecule has 0 bridgehead atoms. The number of carbonyl (C=O) groups is 1. The summed E-state index contributed by atoms with van der Waals surface area (Å²) >= 11 is 6.29. The van der Waals surface area contributed by atoms with Gasteiger partial charge in [0.15, 0.2) is 0 Å². The zero-order valence-corrected chi connectivity index (χ0v) is 15.7. The standard InChI is InChI=1S/C20H24ClF3O2/c1-18-8-7-12-10(11(18)5-6-15(18)20(22,23)24)3-4-13-16(21)17(26)14(25)9-19(12,13)2/h5-6,10-12,14-15,25H,3-4,7-9H2,1-2H3/t10-,11-,12-,14?,15-,18-,19+/m0/s1. The Morgan fingerprint density at radius 2 is 1.92 bits per heavy atom. The molecule has 0 amide bonds. The minimum atomic E-state index is -4.22. The number of aliphatic hydroxyl groups excluding tert-OH is 1. The first-order valence-corrected chi connectivity index (χ1v) is 9.74. The van der Waals surface area contributed by atoms with Crippen LogP contribution in [0.1, 0.15) is 46.0 Å². The molecule has 0 aromatic carbocycles. The van der Waals surface area contributed by atoms with Gasteiger partial charge in [0.05, 0.1) is 11.0 Å². The van der Waals surface area contributed by atoms with Crippen molar-refractivity contribution in [3.8, 4) is 0 Å². The Morgan fingerprint density at radius 1 is 1.23 bits per heavy atom. The fourth-order valence-corrected chi connectivity index (χ4v) is 7.10. The molecule has 1 unspecified atom stereocenters. The van der Waals surface area contributed by atoms with E-state index in [4.69, 9.17) is 11.6 Å². The van der Waals surface area contributed by atoms with E-state index >= 15 is 0 Å². The minimum absolute atomic E-state index is 0.111. The quantitative estimate of drug-likeness (QED) is 0.592. The predicted octanol–water partition coefficient (Wildman–Crippen LogP) is 5.01. The van der Waals surface area contributed by atoms with Crippen LogP contribution in [0.2, 0.25) is 0 Å². The van der Waals surface area contributed by atoms with Gasteiger partial charge in [-0.2, -0.15) is 13.2 Å². The highest BCUT2D eigenvalue weighted by Gasteiger charge is 2.63. The highest BCUT2D eigenvalue weighted by atomic mass is 35.5. The van der Waals surface area contributed by atoms with Crippen molar-refractivity contribution in [1.82, 2.24) is 0 Å². The number of alkyl halides is 3. The average Bonchev–Trinajstić information content (AvgIpc) is 2.90. The van der Waals surface area contributed by atoms with Crippen molar-refractivity contribution < 1.29 is 23.1 Å². The molecule has 0 aromatic heterocycles. The van der Waals surface area contributed by atoms with Crippen molar-refractivity contribution in [3.05, 3.63) is 22.8 Å². The van der Waals surface area contributed by atoms with Gasteiger partial charge in [-0.15, -0.1) is 0 Å². The molecule has 0 radical (unpaired) electrons. The van der Waals surface area contributed by atoms with Crippen molar-refractivity contribution in [2.45, 2.75) is 58.2 Å². The molecule has 144 valence electrons. The van der Waals surface area contributed by atoms with E-state index in [9.17, 15) is 23.1 Å². The summed E-state index contributed by atoms with van der Waals surface area (Å²) in [7, 11) is 0. The molecule has 0 aromatic rings. The van der Waals surface area contributed by atoms with E-state index in [1.165, 1.54) is 6.08 Å². The molecule has 0 heterocycles. The lowest BCUT2D eigenvalue weighted by molar-refractivity contribution is -0.203. The van der Waals surface area contributed by atoms with Crippen LogP contribution in [0.5, 0.6) is 0 Å². The summed E-state index contributed by atoms with van der Waals surface area (Å²) in [6.07, 6.45) is 0.729. The third-order valence-electron chi connectivity index (χ3n) is 7.94. The van der Waals surface area contributed by atoms with Gasteiger partial charge in [-0.25, -0.2) is 0 Å². The highest BCUT2D eigenvalue weighted by molar-refractivity contribution is 6.43. The molecule has 6 heteroatoms. The maximum Gasteiger partial charge on any atom is 0.395 e. The topological polar surface area (TPSA) is 37.3 Å². The molecule has 2 nitrogen and oxygen atoms in total. The highest BCUT2D eigenvalue weighted by Crippen LogP contribution is 2.67. The zero-order chi connectivity index (χ0) is 19.1. The molecule has 2 fully saturated rings. The molecule has 4 aliphatic carbocycles. The van der Waals surface area contributed by atoms with Crippen LogP contribution in [0.4, 0.5) is 13.2 Å². The van der Waals surface area contributed by atoms with Crippen molar-refractivity contribution in [3.63, 3.8) is 0 Å². The number of hydrogen-bond donors (Lipinski definition) is 1. The van der Waals surface area contributed by atoms with Crippen molar-refractivity contribution in [2.24, 2.45) is 34.5 Å². The summed E-state index contributed by atoms with van der Waals surface area (Å²) < 4.78 is 40.6. The monoisotopic (exact) mass is 388 g/mol. The Balaban J connectivity index is 1.71. The van der Waals surface area contributed by atoms with Gasteiger partial charge in [-0.05, 0) is 66.3 Å². The molecule has 26 heavy (non-hydrogen) atoms. The van der Waals surface area contributed by atoms with E-state index in [0.29, 0.717) is 25.7 Å². The van der Waals surface area contributed by atoms with E-state index in [1.807, 2.05) is 6.92 Å². The number of fused-ring (bicyclic) bond motifs is 5. The number of allylic oxidation sites excluding steroid dienone is 3. The summed E-state index contributed by atoms with van der Waals surface area (Å²) in [6, 6.07) is 0. The van der Waals surface area contributed by atoms with E-state index in [-0.39, 0.29) is 22.8 Å². The Bertz CT molecular complexity index is 712. The Kier molecular flexibility index (Phi) is 4.00. The molecule has 0 aliphatic heterocycles. The van der Waals surface area contributed by atoms with Crippen molar-refractivity contribution in [1.29, 1.82) is 0 Å². The van der Waals surface area contributed by atoms with Crippen LogP contribution in [-0.2, 0) is 4.79 Å². The smallest absolute Gasteiger partial charge is 0.385 e. The van der Waals surface area contributed by atoms with Crippen LogP contribution >= 0.6 is 11.6 Å². The summed E-state index contributed by atoms with van der Waals surface area (Å²) in [5.74, 6) is -1.61. The van der Waals surface area contributed by atoms with Gasteiger partial charge in [0, 0.05) is 0 Å². The minimum Gasteiger partial charge on any atom is -0.385 e. The van der Waals surface area contributed by atoms with Gasteiger partial charge < -0.3 is 5.11 Å². The first-order chi connectivity index (χ1) is 12.0. The number of rotatable bonds is 0. The maximum absolute atomic E-state index is 13.5. The second-order valence-corrected chi connectivity index (χ2v) is 9.46. The number of aliphatic hydroxyl groups is 1. The Morgan fingerprint density at radius 3 is 2.58 bits per heavy atom. The maximum atomic E-state index is 13.5. The van der Waals surface area contributed by atoms with Crippen molar-refractivity contribution in [2.75, 3.05) is 0 Å². The molecule has 0 spiro atoms. The third-order valence-corrected chi connectivity index (χ3v) is 8.36. The van der Waals surface area contributed by atoms with Gasteiger partial charge in [0.1, 0.15) is 6.10 Å². The van der Waals surface area contributed by atoms with Crippen LogP contribution in [0.3, 0.4) is 0 Å². The first kappa shape index (κ1) is 18.5. The second-order valence-electron chi connectivity index (χ2n) is 9.08. The van der Waals surface area contributed by atoms with Gasteiger partial charge in [-0.3, -0.25) is 4.79 Å². The molecule has 4 rings (SSSR count). The number of halogens is 4. The molecule has 1 N–H and O–H groups in total. The van der Waals surface area contributed by atoms with Gasteiger partial charge in [0.2, 0.25) is 5.78 Å². The van der Waals surface area contributed by atoms with Crippen LogP contribution < -0.4 is 0 Å².